The first-order valence-electron chi connectivity index (χ1n) is 8.07. The fourth-order valence-corrected chi connectivity index (χ4v) is 3.01. The largest absolute Gasteiger partial charge is 0.462 e. The second-order valence-electron chi connectivity index (χ2n) is 6.92. The van der Waals surface area contributed by atoms with E-state index in [2.05, 4.69) is 19.2 Å². The van der Waals surface area contributed by atoms with Crippen molar-refractivity contribution in [3.8, 4) is 0 Å². The number of piperidine rings is 1. The number of hydrogen-bond acceptors (Lipinski definition) is 4. The molecular weight excluding hydrogens is 254 g/mol. The molecule has 1 saturated carbocycles. The summed E-state index contributed by atoms with van der Waals surface area (Å²) in [5.74, 6) is -0.0939. The first kappa shape index (κ1) is 15.8. The van der Waals surface area contributed by atoms with Crippen molar-refractivity contribution in [2.75, 3.05) is 19.7 Å². The summed E-state index contributed by atoms with van der Waals surface area (Å²) in [5, 5.41) is 3.30. The number of hydrogen-bond donors (Lipinski definition) is 1. The van der Waals surface area contributed by atoms with Gasteiger partial charge in [0.05, 0.1) is 19.1 Å². The van der Waals surface area contributed by atoms with Gasteiger partial charge in [0.2, 0.25) is 0 Å². The van der Waals surface area contributed by atoms with Crippen molar-refractivity contribution in [3.63, 3.8) is 0 Å². The highest BCUT2D eigenvalue weighted by molar-refractivity contribution is 5.69. The van der Waals surface area contributed by atoms with Gasteiger partial charge < -0.3 is 14.8 Å². The first-order chi connectivity index (χ1) is 9.55. The third-order valence-corrected chi connectivity index (χ3v) is 4.53. The highest BCUT2D eigenvalue weighted by Crippen LogP contribution is 2.36. The van der Waals surface area contributed by atoms with Crippen molar-refractivity contribution in [3.05, 3.63) is 0 Å². The molecule has 116 valence electrons. The lowest BCUT2D eigenvalue weighted by molar-refractivity contribution is -0.153. The molecule has 0 spiro atoms. The first-order valence-corrected chi connectivity index (χ1v) is 8.07. The van der Waals surface area contributed by atoms with E-state index in [4.69, 9.17) is 9.47 Å². The minimum absolute atomic E-state index is 0.0939. The van der Waals surface area contributed by atoms with E-state index in [1.807, 2.05) is 0 Å². The van der Waals surface area contributed by atoms with Gasteiger partial charge in [-0.2, -0.15) is 0 Å². The predicted molar refractivity (Wildman–Crippen MR) is 78.6 cm³/mol. The molecule has 0 amide bonds. The Bertz CT molecular complexity index is 301. The van der Waals surface area contributed by atoms with Crippen molar-refractivity contribution in [2.45, 2.75) is 71.0 Å². The molecule has 1 N–H and O–H groups in total. The Morgan fingerprint density at radius 1 is 1.10 bits per heavy atom. The zero-order valence-corrected chi connectivity index (χ0v) is 13.0. The molecule has 2 rings (SSSR count). The lowest BCUT2D eigenvalue weighted by atomic mass is 9.76. The van der Waals surface area contributed by atoms with Gasteiger partial charge in [-0.25, -0.2) is 0 Å². The van der Waals surface area contributed by atoms with Gasteiger partial charge in [0, 0.05) is 0 Å². The third kappa shape index (κ3) is 5.41. The van der Waals surface area contributed by atoms with Crippen LogP contribution in [0.3, 0.4) is 0 Å². The van der Waals surface area contributed by atoms with E-state index in [0.717, 1.165) is 51.6 Å². The second-order valence-corrected chi connectivity index (χ2v) is 6.92. The smallest absolute Gasteiger partial charge is 0.308 e. The molecule has 0 aromatic rings. The minimum Gasteiger partial charge on any atom is -0.462 e. The number of carbonyl (C=O) groups excluding carboxylic acids is 1. The number of esters is 1. The highest BCUT2D eigenvalue weighted by Gasteiger charge is 2.28. The molecular formula is C16H29NO3. The molecule has 20 heavy (non-hydrogen) atoms. The van der Waals surface area contributed by atoms with E-state index in [9.17, 15) is 4.79 Å². The quantitative estimate of drug-likeness (QED) is 0.788. The average Bonchev–Trinajstić information content (AvgIpc) is 2.42. The van der Waals surface area contributed by atoms with Crippen LogP contribution >= 0.6 is 0 Å². The zero-order chi connectivity index (χ0) is 14.4. The molecule has 1 aliphatic heterocycles. The van der Waals surface area contributed by atoms with Gasteiger partial charge in [-0.3, -0.25) is 4.79 Å². The standard InChI is InChI=1S/C16H29NO3/c1-16(2)8-3-14(4-9-16)20-15(18)7-12-19-13-5-10-17-11-6-13/h13-14,17H,3-12H2,1-2H3. The fourth-order valence-electron chi connectivity index (χ4n) is 3.01. The molecule has 0 radical (unpaired) electrons. The van der Waals surface area contributed by atoms with Crippen LogP contribution in [0, 0.1) is 5.41 Å². The second kappa shape index (κ2) is 7.41. The van der Waals surface area contributed by atoms with Crippen LogP contribution in [-0.4, -0.2) is 37.9 Å². The topological polar surface area (TPSA) is 47.6 Å². The van der Waals surface area contributed by atoms with Gasteiger partial charge in [0.1, 0.15) is 6.10 Å². The molecule has 2 aliphatic rings. The maximum absolute atomic E-state index is 11.8. The van der Waals surface area contributed by atoms with Gasteiger partial charge in [-0.05, 0) is 57.0 Å². The lowest BCUT2D eigenvalue weighted by Crippen LogP contribution is -2.33. The van der Waals surface area contributed by atoms with Crippen LogP contribution in [-0.2, 0) is 14.3 Å². The van der Waals surface area contributed by atoms with Crippen molar-refractivity contribution in [1.29, 1.82) is 0 Å². The van der Waals surface area contributed by atoms with Crippen LogP contribution in [0.4, 0.5) is 0 Å². The monoisotopic (exact) mass is 283 g/mol. The van der Waals surface area contributed by atoms with Crippen LogP contribution in [0.1, 0.15) is 58.8 Å². The zero-order valence-electron chi connectivity index (χ0n) is 13.0. The van der Waals surface area contributed by atoms with Crippen LogP contribution < -0.4 is 5.32 Å². The predicted octanol–water partition coefficient (Wildman–Crippen LogP) is 2.66. The summed E-state index contributed by atoms with van der Waals surface area (Å²) in [6.07, 6.45) is 7.26. The Morgan fingerprint density at radius 3 is 2.40 bits per heavy atom. The molecule has 0 bridgehead atoms. The number of ether oxygens (including phenoxy) is 2. The van der Waals surface area contributed by atoms with Crippen LogP contribution in [0.25, 0.3) is 0 Å². The third-order valence-electron chi connectivity index (χ3n) is 4.53. The average molecular weight is 283 g/mol. The molecule has 2 fully saturated rings. The van der Waals surface area contributed by atoms with Crippen LogP contribution in [0.5, 0.6) is 0 Å². The maximum atomic E-state index is 11.8. The highest BCUT2D eigenvalue weighted by atomic mass is 16.5. The Kier molecular flexibility index (Phi) is 5.85. The number of carbonyl (C=O) groups is 1. The van der Waals surface area contributed by atoms with Crippen LogP contribution in [0.15, 0.2) is 0 Å². The molecule has 0 atom stereocenters. The van der Waals surface area contributed by atoms with Gasteiger partial charge in [0.25, 0.3) is 0 Å². The van der Waals surface area contributed by atoms with Crippen molar-refractivity contribution < 1.29 is 14.3 Å². The SMILES string of the molecule is CC1(C)CCC(OC(=O)CCOC2CCNCC2)CC1. The van der Waals surface area contributed by atoms with E-state index in [0.29, 0.717) is 24.5 Å². The summed E-state index contributed by atoms with van der Waals surface area (Å²) in [4.78, 5) is 11.8. The van der Waals surface area contributed by atoms with E-state index >= 15 is 0 Å². The summed E-state index contributed by atoms with van der Waals surface area (Å²) in [7, 11) is 0. The number of nitrogens with one attached hydrogen (secondary N) is 1. The summed E-state index contributed by atoms with van der Waals surface area (Å²) < 4.78 is 11.3. The molecule has 1 aliphatic carbocycles. The van der Waals surface area contributed by atoms with Crippen LogP contribution in [0.2, 0.25) is 0 Å². The van der Waals surface area contributed by atoms with E-state index in [1.165, 1.54) is 0 Å². The van der Waals surface area contributed by atoms with E-state index in [1.54, 1.807) is 0 Å². The Labute approximate surface area is 122 Å². The normalized spacial score (nSPS) is 24.5. The molecule has 4 nitrogen and oxygen atoms in total. The molecule has 0 unspecified atom stereocenters. The minimum atomic E-state index is -0.0939. The molecule has 4 heteroatoms. The lowest BCUT2D eigenvalue weighted by Gasteiger charge is -2.33. The van der Waals surface area contributed by atoms with E-state index in [-0.39, 0.29) is 12.1 Å². The Balaban J connectivity index is 1.56. The fraction of sp³-hybridized carbons (Fsp3) is 0.938. The number of rotatable bonds is 5. The molecule has 1 heterocycles. The summed E-state index contributed by atoms with van der Waals surface area (Å²) in [5.41, 5.74) is 0.418. The van der Waals surface area contributed by atoms with Gasteiger partial charge >= 0.3 is 5.97 Å². The molecule has 0 aromatic carbocycles. The maximum Gasteiger partial charge on any atom is 0.308 e. The summed E-state index contributed by atoms with van der Waals surface area (Å²) >= 11 is 0. The summed E-state index contributed by atoms with van der Waals surface area (Å²) in [6.45, 7) is 7.12. The molecule has 0 aromatic heterocycles. The Hall–Kier alpha value is -0.610. The van der Waals surface area contributed by atoms with E-state index < -0.39 is 0 Å². The van der Waals surface area contributed by atoms with Gasteiger partial charge in [-0.1, -0.05) is 13.8 Å². The van der Waals surface area contributed by atoms with Crippen molar-refractivity contribution >= 4 is 5.97 Å². The summed E-state index contributed by atoms with van der Waals surface area (Å²) in [6, 6.07) is 0. The van der Waals surface area contributed by atoms with Gasteiger partial charge in [0.15, 0.2) is 0 Å². The van der Waals surface area contributed by atoms with Crippen molar-refractivity contribution in [1.82, 2.24) is 5.32 Å². The Morgan fingerprint density at radius 2 is 1.75 bits per heavy atom. The van der Waals surface area contributed by atoms with Crippen molar-refractivity contribution in [2.24, 2.45) is 5.41 Å². The molecule has 1 saturated heterocycles. The van der Waals surface area contributed by atoms with Gasteiger partial charge in [-0.15, -0.1) is 0 Å².